The van der Waals surface area contributed by atoms with Crippen LogP contribution >= 0.6 is 11.6 Å². The number of aliphatic hydroxyl groups is 1. The number of amides is 1. The smallest absolute Gasteiger partial charge is 0.300 e. The molecule has 3 aromatic rings. The van der Waals surface area contributed by atoms with Crippen molar-refractivity contribution < 1.29 is 19.4 Å². The van der Waals surface area contributed by atoms with Gasteiger partial charge in [0.25, 0.3) is 11.7 Å². The van der Waals surface area contributed by atoms with E-state index in [1.165, 1.54) is 4.90 Å². The number of benzene rings is 3. The minimum atomic E-state index is -0.801. The van der Waals surface area contributed by atoms with Gasteiger partial charge in [-0.05, 0) is 75.7 Å². The number of halogens is 1. The highest BCUT2D eigenvalue weighted by molar-refractivity contribution is 6.51. The number of Topliss-reactive ketones (excluding diaryl/α,β-unsaturated/α-hetero) is 1. The average Bonchev–Trinajstić information content (AvgIpc) is 3.16. The third-order valence-corrected chi connectivity index (χ3v) is 6.88. The Morgan fingerprint density at radius 3 is 2.32 bits per heavy atom. The lowest BCUT2D eigenvalue weighted by atomic mass is 9.94. The summed E-state index contributed by atoms with van der Waals surface area (Å²) in [5.74, 6) is -1.32. The summed E-state index contributed by atoms with van der Waals surface area (Å²) in [4.78, 5) is 30.6. The van der Waals surface area contributed by atoms with Crippen molar-refractivity contribution in [2.24, 2.45) is 0 Å². The van der Waals surface area contributed by atoms with Crippen LogP contribution in [0.15, 0.2) is 72.3 Å². The van der Waals surface area contributed by atoms with E-state index >= 15 is 0 Å². The SMILES string of the molecule is CCOc1cc(/C(O)=C2/C(=O)C(=O)N(c3ccc(N(CC)CC)cc3)C2c2cccc(C)c2)ccc1Cl. The minimum Gasteiger partial charge on any atom is -0.507 e. The summed E-state index contributed by atoms with van der Waals surface area (Å²) in [7, 11) is 0. The number of aryl methyl sites for hydroxylation is 1. The second-order valence-corrected chi connectivity index (χ2v) is 9.26. The summed E-state index contributed by atoms with van der Waals surface area (Å²) in [6.07, 6.45) is 0. The lowest BCUT2D eigenvalue weighted by Gasteiger charge is -2.27. The van der Waals surface area contributed by atoms with Crippen molar-refractivity contribution in [1.29, 1.82) is 0 Å². The van der Waals surface area contributed by atoms with Crippen molar-refractivity contribution in [3.8, 4) is 5.75 Å². The van der Waals surface area contributed by atoms with Crippen molar-refractivity contribution in [3.63, 3.8) is 0 Å². The van der Waals surface area contributed by atoms with Gasteiger partial charge in [0.05, 0.1) is 23.2 Å². The van der Waals surface area contributed by atoms with Gasteiger partial charge in [0, 0.05) is 30.0 Å². The number of ketones is 1. The van der Waals surface area contributed by atoms with Crippen LogP contribution in [-0.2, 0) is 9.59 Å². The first-order chi connectivity index (χ1) is 17.8. The fourth-order valence-electron chi connectivity index (χ4n) is 4.74. The fraction of sp³-hybridized carbons (Fsp3) is 0.267. The van der Waals surface area contributed by atoms with E-state index in [1.807, 2.05) is 62.4 Å². The molecule has 3 aromatic carbocycles. The van der Waals surface area contributed by atoms with Gasteiger partial charge in [-0.25, -0.2) is 0 Å². The lowest BCUT2D eigenvalue weighted by Crippen LogP contribution is -2.29. The summed E-state index contributed by atoms with van der Waals surface area (Å²) in [6, 6.07) is 19.2. The Bertz CT molecular complexity index is 1350. The standard InChI is InChI=1S/C30H31ClN2O4/c1-5-32(6-2)22-12-14-23(15-13-22)33-27(20-10-8-9-19(4)17-20)26(29(35)30(33)36)28(34)21-11-16-24(31)25(18-21)37-7-3/h8-18,27,34H,5-7H2,1-4H3/b28-26-. The summed E-state index contributed by atoms with van der Waals surface area (Å²) >= 11 is 6.24. The first-order valence-corrected chi connectivity index (χ1v) is 12.8. The number of anilines is 2. The molecule has 0 aliphatic carbocycles. The molecule has 1 fully saturated rings. The molecule has 0 radical (unpaired) electrons. The lowest BCUT2D eigenvalue weighted by molar-refractivity contribution is -0.132. The molecule has 0 bridgehead atoms. The Hall–Kier alpha value is -3.77. The van der Waals surface area contributed by atoms with Gasteiger partial charge in [-0.3, -0.25) is 14.5 Å². The molecule has 1 aliphatic heterocycles. The van der Waals surface area contributed by atoms with E-state index in [2.05, 4.69) is 18.7 Å². The van der Waals surface area contributed by atoms with Crippen LogP contribution in [0, 0.1) is 6.92 Å². The van der Waals surface area contributed by atoms with Crippen LogP contribution in [0.4, 0.5) is 11.4 Å². The Morgan fingerprint density at radius 2 is 1.70 bits per heavy atom. The van der Waals surface area contributed by atoms with Gasteiger partial charge < -0.3 is 14.7 Å². The fourth-order valence-corrected chi connectivity index (χ4v) is 4.91. The number of carbonyl (C=O) groups is 2. The highest BCUT2D eigenvalue weighted by Crippen LogP contribution is 2.43. The van der Waals surface area contributed by atoms with Crippen LogP contribution in [0.25, 0.3) is 5.76 Å². The van der Waals surface area contributed by atoms with Crippen molar-refractivity contribution in [1.82, 2.24) is 0 Å². The topological polar surface area (TPSA) is 70.1 Å². The third-order valence-electron chi connectivity index (χ3n) is 6.56. The molecule has 37 heavy (non-hydrogen) atoms. The van der Waals surface area contributed by atoms with Crippen LogP contribution in [0.1, 0.15) is 43.5 Å². The van der Waals surface area contributed by atoms with Gasteiger partial charge in [-0.15, -0.1) is 0 Å². The molecule has 1 saturated heterocycles. The molecular formula is C30H31ClN2O4. The molecule has 1 heterocycles. The summed E-state index contributed by atoms with van der Waals surface area (Å²) in [5.41, 5.74) is 3.68. The molecular weight excluding hydrogens is 488 g/mol. The number of ether oxygens (including phenoxy) is 1. The minimum absolute atomic E-state index is 0.0215. The second-order valence-electron chi connectivity index (χ2n) is 8.85. The van der Waals surface area contributed by atoms with Crippen LogP contribution < -0.4 is 14.5 Å². The van der Waals surface area contributed by atoms with Crippen LogP contribution in [-0.4, -0.2) is 36.5 Å². The Kier molecular flexibility index (Phi) is 7.89. The van der Waals surface area contributed by atoms with E-state index in [0.29, 0.717) is 28.6 Å². The number of carbonyl (C=O) groups excluding carboxylic acids is 2. The number of aliphatic hydroxyl groups excluding tert-OH is 1. The number of hydrogen-bond acceptors (Lipinski definition) is 5. The number of hydrogen-bond donors (Lipinski definition) is 1. The maximum Gasteiger partial charge on any atom is 0.300 e. The maximum absolute atomic E-state index is 13.5. The predicted octanol–water partition coefficient (Wildman–Crippen LogP) is 6.52. The molecule has 0 saturated carbocycles. The Morgan fingerprint density at radius 1 is 1.00 bits per heavy atom. The van der Waals surface area contributed by atoms with E-state index in [4.69, 9.17) is 16.3 Å². The van der Waals surface area contributed by atoms with E-state index in [-0.39, 0.29) is 11.3 Å². The van der Waals surface area contributed by atoms with E-state index < -0.39 is 17.7 Å². The first kappa shape index (κ1) is 26.3. The molecule has 1 amide bonds. The van der Waals surface area contributed by atoms with Crippen LogP contribution in [0.3, 0.4) is 0 Å². The Balaban J connectivity index is 1.88. The quantitative estimate of drug-likeness (QED) is 0.209. The van der Waals surface area contributed by atoms with Crippen molar-refractivity contribution in [2.75, 3.05) is 29.5 Å². The summed E-state index contributed by atoms with van der Waals surface area (Å²) in [5, 5.41) is 11.8. The zero-order valence-electron chi connectivity index (χ0n) is 21.5. The molecule has 1 N–H and O–H groups in total. The molecule has 7 heteroatoms. The van der Waals surface area contributed by atoms with Crippen molar-refractivity contribution in [3.05, 3.63) is 94.0 Å². The van der Waals surface area contributed by atoms with Crippen molar-refractivity contribution >= 4 is 40.4 Å². The van der Waals surface area contributed by atoms with Crippen LogP contribution in [0.2, 0.25) is 5.02 Å². The molecule has 6 nitrogen and oxygen atoms in total. The molecule has 192 valence electrons. The molecule has 1 unspecified atom stereocenters. The van der Waals surface area contributed by atoms with Gasteiger partial charge in [-0.2, -0.15) is 0 Å². The monoisotopic (exact) mass is 518 g/mol. The number of nitrogens with zero attached hydrogens (tertiary/aromatic N) is 2. The third kappa shape index (κ3) is 5.07. The molecule has 1 aliphatic rings. The average molecular weight is 519 g/mol. The Labute approximate surface area is 222 Å². The molecule has 4 rings (SSSR count). The first-order valence-electron chi connectivity index (χ1n) is 12.5. The predicted molar refractivity (Wildman–Crippen MR) is 149 cm³/mol. The summed E-state index contributed by atoms with van der Waals surface area (Å²) in [6.45, 7) is 10.0. The van der Waals surface area contributed by atoms with Gasteiger partial charge in [0.1, 0.15) is 11.5 Å². The van der Waals surface area contributed by atoms with Crippen molar-refractivity contribution in [2.45, 2.75) is 33.7 Å². The normalized spacial score (nSPS) is 16.8. The second kappa shape index (κ2) is 11.1. The largest absolute Gasteiger partial charge is 0.507 e. The van der Waals surface area contributed by atoms with Gasteiger partial charge >= 0.3 is 0 Å². The van der Waals surface area contributed by atoms with E-state index in [0.717, 1.165) is 29.9 Å². The number of rotatable bonds is 8. The van der Waals surface area contributed by atoms with Gasteiger partial charge in [0.2, 0.25) is 0 Å². The zero-order valence-corrected chi connectivity index (χ0v) is 22.2. The highest BCUT2D eigenvalue weighted by atomic mass is 35.5. The highest BCUT2D eigenvalue weighted by Gasteiger charge is 2.47. The molecule has 1 atom stereocenters. The molecule has 0 aromatic heterocycles. The molecule has 0 spiro atoms. The maximum atomic E-state index is 13.5. The van der Waals surface area contributed by atoms with Gasteiger partial charge in [-0.1, -0.05) is 41.4 Å². The van der Waals surface area contributed by atoms with Crippen LogP contribution in [0.5, 0.6) is 5.75 Å². The van der Waals surface area contributed by atoms with E-state index in [9.17, 15) is 14.7 Å². The van der Waals surface area contributed by atoms with Gasteiger partial charge in [0.15, 0.2) is 0 Å². The van der Waals surface area contributed by atoms with E-state index in [1.54, 1.807) is 18.2 Å². The summed E-state index contributed by atoms with van der Waals surface area (Å²) < 4.78 is 5.57. The zero-order chi connectivity index (χ0) is 26.7.